The molecule has 1 N–H and O–H groups in total. The fourth-order valence-electron chi connectivity index (χ4n) is 2.28. The number of hydrogen-bond donors (Lipinski definition) is 1. The Morgan fingerprint density at radius 3 is 2.73 bits per heavy atom. The van der Waals surface area contributed by atoms with Gasteiger partial charge in [-0.2, -0.15) is 11.3 Å². The Morgan fingerprint density at radius 1 is 1.47 bits per heavy atom. The molecule has 0 radical (unpaired) electrons. The van der Waals surface area contributed by atoms with Crippen molar-refractivity contribution in [3.63, 3.8) is 0 Å². The number of nitrogens with zero attached hydrogens (tertiary/aromatic N) is 1. The van der Waals surface area contributed by atoms with Gasteiger partial charge in [0.25, 0.3) is 0 Å². The van der Waals surface area contributed by atoms with Gasteiger partial charge in [0.15, 0.2) is 0 Å². The van der Waals surface area contributed by atoms with Crippen LogP contribution < -0.4 is 0 Å². The maximum Gasteiger partial charge on any atom is 0.0928 e. The minimum Gasteiger partial charge on any atom is -0.385 e. The third kappa shape index (κ3) is 2.41. The van der Waals surface area contributed by atoms with E-state index in [1.807, 2.05) is 5.38 Å². The average molecular weight is 225 g/mol. The second kappa shape index (κ2) is 4.64. The van der Waals surface area contributed by atoms with Gasteiger partial charge < -0.3 is 10.0 Å². The lowest BCUT2D eigenvalue weighted by Gasteiger charge is -2.37. The second-order valence-electron chi connectivity index (χ2n) is 4.39. The van der Waals surface area contributed by atoms with Crippen molar-refractivity contribution < 1.29 is 5.11 Å². The van der Waals surface area contributed by atoms with Gasteiger partial charge in [-0.05, 0) is 48.2 Å². The van der Waals surface area contributed by atoms with Gasteiger partial charge in [-0.1, -0.05) is 6.92 Å². The van der Waals surface area contributed by atoms with E-state index in [4.69, 9.17) is 0 Å². The first-order chi connectivity index (χ1) is 7.24. The average Bonchev–Trinajstić information content (AvgIpc) is 2.76. The van der Waals surface area contributed by atoms with Crippen LogP contribution in [0.25, 0.3) is 0 Å². The fraction of sp³-hybridized carbons (Fsp3) is 0.667. The Morgan fingerprint density at radius 2 is 2.20 bits per heavy atom. The number of thiophene rings is 1. The van der Waals surface area contributed by atoms with E-state index >= 15 is 0 Å². The normalized spacial score (nSPS) is 21.7. The van der Waals surface area contributed by atoms with E-state index < -0.39 is 5.60 Å². The van der Waals surface area contributed by atoms with Gasteiger partial charge in [0.1, 0.15) is 0 Å². The van der Waals surface area contributed by atoms with Crippen LogP contribution in [0, 0.1) is 0 Å². The molecule has 0 atom stereocenters. The highest BCUT2D eigenvalue weighted by Crippen LogP contribution is 2.33. The van der Waals surface area contributed by atoms with Crippen molar-refractivity contribution in [3.8, 4) is 0 Å². The van der Waals surface area contributed by atoms with E-state index in [1.54, 1.807) is 11.3 Å². The van der Waals surface area contributed by atoms with Gasteiger partial charge in [0, 0.05) is 13.1 Å². The first-order valence-electron chi connectivity index (χ1n) is 5.72. The fourth-order valence-corrected chi connectivity index (χ4v) is 3.03. The number of piperidine rings is 1. The van der Waals surface area contributed by atoms with Crippen LogP contribution in [0.1, 0.15) is 31.7 Å². The molecule has 2 heterocycles. The van der Waals surface area contributed by atoms with Crippen LogP contribution in [0.4, 0.5) is 0 Å². The molecular formula is C12H19NOS. The van der Waals surface area contributed by atoms with Gasteiger partial charge in [-0.3, -0.25) is 0 Å². The quantitative estimate of drug-likeness (QED) is 0.854. The van der Waals surface area contributed by atoms with Crippen LogP contribution in [0.2, 0.25) is 0 Å². The molecule has 1 saturated heterocycles. The lowest BCUT2D eigenvalue weighted by Crippen LogP contribution is -2.42. The van der Waals surface area contributed by atoms with Gasteiger partial charge in [-0.25, -0.2) is 0 Å². The van der Waals surface area contributed by atoms with Crippen molar-refractivity contribution in [1.29, 1.82) is 0 Å². The molecular weight excluding hydrogens is 206 g/mol. The number of hydrogen-bond acceptors (Lipinski definition) is 3. The van der Waals surface area contributed by atoms with Crippen molar-refractivity contribution in [3.05, 3.63) is 22.4 Å². The van der Waals surface area contributed by atoms with Gasteiger partial charge in [-0.15, -0.1) is 0 Å². The summed E-state index contributed by atoms with van der Waals surface area (Å²) in [7, 11) is 0. The third-order valence-electron chi connectivity index (χ3n) is 3.28. The maximum absolute atomic E-state index is 10.5. The highest BCUT2D eigenvalue weighted by atomic mass is 32.1. The molecule has 0 spiro atoms. The van der Waals surface area contributed by atoms with E-state index in [1.165, 1.54) is 13.0 Å². The molecule has 2 rings (SSSR count). The zero-order valence-electron chi connectivity index (χ0n) is 9.28. The minimum absolute atomic E-state index is 0.551. The van der Waals surface area contributed by atoms with Crippen LogP contribution in [0.5, 0.6) is 0 Å². The van der Waals surface area contributed by atoms with E-state index in [2.05, 4.69) is 23.3 Å². The zero-order chi connectivity index (χ0) is 10.7. The lowest BCUT2D eigenvalue weighted by atomic mass is 9.86. The zero-order valence-corrected chi connectivity index (χ0v) is 10.1. The van der Waals surface area contributed by atoms with Crippen molar-refractivity contribution in [2.24, 2.45) is 0 Å². The van der Waals surface area contributed by atoms with Crippen molar-refractivity contribution >= 4 is 11.3 Å². The molecule has 1 aromatic heterocycles. The first-order valence-corrected chi connectivity index (χ1v) is 6.66. The van der Waals surface area contributed by atoms with Crippen LogP contribution in [0.3, 0.4) is 0 Å². The summed E-state index contributed by atoms with van der Waals surface area (Å²) >= 11 is 1.67. The summed E-state index contributed by atoms with van der Waals surface area (Å²) in [4.78, 5) is 2.45. The summed E-state index contributed by atoms with van der Waals surface area (Å²) in [5.74, 6) is 0. The highest BCUT2D eigenvalue weighted by molar-refractivity contribution is 7.08. The number of rotatable bonds is 3. The van der Waals surface area contributed by atoms with Gasteiger partial charge >= 0.3 is 0 Å². The molecule has 1 aromatic rings. The molecule has 0 aliphatic carbocycles. The van der Waals surface area contributed by atoms with Crippen molar-refractivity contribution in [1.82, 2.24) is 4.90 Å². The molecule has 1 aliphatic rings. The van der Waals surface area contributed by atoms with Crippen molar-refractivity contribution in [2.45, 2.75) is 31.8 Å². The smallest absolute Gasteiger partial charge is 0.0928 e. The van der Waals surface area contributed by atoms with Gasteiger partial charge in [0.05, 0.1) is 5.60 Å². The predicted octanol–water partition coefficient (Wildman–Crippen LogP) is 2.44. The summed E-state index contributed by atoms with van der Waals surface area (Å²) in [6.45, 7) is 5.43. The molecule has 0 saturated carbocycles. The number of likely N-dealkylation sites (tertiary alicyclic amines) is 1. The standard InChI is InChI=1S/C12H19NOS/c1-2-6-13-7-4-12(14,5-8-13)11-3-9-15-10-11/h3,9-10,14H,2,4-8H2,1H3. The Bertz CT molecular complexity index is 289. The first kappa shape index (κ1) is 11.1. The lowest BCUT2D eigenvalue weighted by molar-refractivity contribution is -0.0254. The Hall–Kier alpha value is -0.380. The maximum atomic E-state index is 10.5. The summed E-state index contributed by atoms with van der Waals surface area (Å²) < 4.78 is 0. The van der Waals surface area contributed by atoms with Crippen LogP contribution >= 0.6 is 11.3 Å². The highest BCUT2D eigenvalue weighted by Gasteiger charge is 2.33. The molecule has 0 aromatic carbocycles. The SMILES string of the molecule is CCCN1CCC(O)(c2ccsc2)CC1. The van der Waals surface area contributed by atoms with Crippen molar-refractivity contribution in [2.75, 3.05) is 19.6 Å². The molecule has 15 heavy (non-hydrogen) atoms. The Labute approximate surface area is 95.5 Å². The summed E-state index contributed by atoms with van der Waals surface area (Å²) in [6, 6.07) is 2.06. The van der Waals surface area contributed by atoms with Crippen LogP contribution in [-0.4, -0.2) is 29.6 Å². The predicted molar refractivity (Wildman–Crippen MR) is 64.2 cm³/mol. The molecule has 0 unspecified atom stereocenters. The molecule has 1 aliphatic heterocycles. The van der Waals surface area contributed by atoms with E-state index in [0.717, 1.165) is 31.5 Å². The van der Waals surface area contributed by atoms with Crippen LogP contribution in [0.15, 0.2) is 16.8 Å². The van der Waals surface area contributed by atoms with E-state index in [-0.39, 0.29) is 0 Å². The molecule has 3 heteroatoms. The Balaban J connectivity index is 1.97. The summed E-state index contributed by atoms with van der Waals surface area (Å²) in [5, 5.41) is 14.6. The minimum atomic E-state index is -0.551. The van der Waals surface area contributed by atoms with Crippen LogP contribution in [-0.2, 0) is 5.60 Å². The third-order valence-corrected chi connectivity index (χ3v) is 3.96. The second-order valence-corrected chi connectivity index (χ2v) is 5.17. The Kier molecular flexibility index (Phi) is 3.44. The van der Waals surface area contributed by atoms with E-state index in [0.29, 0.717) is 0 Å². The molecule has 84 valence electrons. The molecule has 0 amide bonds. The monoisotopic (exact) mass is 225 g/mol. The topological polar surface area (TPSA) is 23.5 Å². The largest absolute Gasteiger partial charge is 0.385 e. The van der Waals surface area contributed by atoms with Gasteiger partial charge in [0.2, 0.25) is 0 Å². The van der Waals surface area contributed by atoms with E-state index in [9.17, 15) is 5.11 Å². The number of aliphatic hydroxyl groups is 1. The summed E-state index contributed by atoms with van der Waals surface area (Å²) in [6.07, 6.45) is 2.96. The molecule has 1 fully saturated rings. The summed E-state index contributed by atoms with van der Waals surface area (Å²) in [5.41, 5.74) is 0.563. The molecule has 0 bridgehead atoms. The molecule has 2 nitrogen and oxygen atoms in total.